The molecule has 0 atom stereocenters. The SMILES string of the molecule is c1ccc2c(c1)c1ccccc1n2-c1ccc(-c2ccc3sc(-c4nc5cc(-c6ccc(-n7c8ccccc8c8ccccc87)cc6)ccc5s4)nc3c2)cc1. The minimum absolute atomic E-state index is 0.956. The van der Waals surface area contributed by atoms with Crippen molar-refractivity contribution in [3.8, 4) is 43.6 Å². The van der Waals surface area contributed by atoms with Crippen molar-refractivity contribution in [3.63, 3.8) is 0 Å². The molecule has 0 unspecified atom stereocenters. The first-order valence-corrected chi connectivity index (χ1v) is 20.4. The number of benzene rings is 8. The zero-order valence-electron chi connectivity index (χ0n) is 29.9. The molecule has 0 spiro atoms. The lowest BCUT2D eigenvalue weighted by atomic mass is 10.0. The van der Waals surface area contributed by atoms with Gasteiger partial charge in [-0.25, -0.2) is 9.97 Å². The molecule has 0 bridgehead atoms. The molecule has 0 aliphatic rings. The molecule has 6 heteroatoms. The summed E-state index contributed by atoms with van der Waals surface area (Å²) in [6.07, 6.45) is 0. The largest absolute Gasteiger partial charge is 0.309 e. The quantitative estimate of drug-likeness (QED) is 0.176. The average molecular weight is 751 g/mol. The van der Waals surface area contributed by atoms with Gasteiger partial charge in [-0.05, 0) is 95.1 Å². The van der Waals surface area contributed by atoms with Gasteiger partial charge >= 0.3 is 0 Å². The van der Waals surface area contributed by atoms with Crippen LogP contribution in [-0.2, 0) is 0 Å². The third-order valence-electron chi connectivity index (χ3n) is 11.0. The summed E-state index contributed by atoms with van der Waals surface area (Å²) >= 11 is 3.41. The van der Waals surface area contributed by atoms with Crippen LogP contribution in [0, 0.1) is 0 Å². The van der Waals surface area contributed by atoms with Gasteiger partial charge in [0.2, 0.25) is 0 Å². The van der Waals surface area contributed by atoms with Gasteiger partial charge in [0.05, 0.1) is 42.5 Å². The lowest BCUT2D eigenvalue weighted by Gasteiger charge is -2.09. The monoisotopic (exact) mass is 750 g/mol. The van der Waals surface area contributed by atoms with Crippen molar-refractivity contribution in [2.24, 2.45) is 0 Å². The maximum atomic E-state index is 5.11. The number of thiazole rings is 2. The number of hydrogen-bond acceptors (Lipinski definition) is 4. The van der Waals surface area contributed by atoms with Crippen LogP contribution in [0.2, 0.25) is 0 Å². The molecule has 0 amide bonds. The van der Waals surface area contributed by atoms with Crippen molar-refractivity contribution in [3.05, 3.63) is 182 Å². The molecule has 4 heterocycles. The lowest BCUT2D eigenvalue weighted by Crippen LogP contribution is -1.93. The van der Waals surface area contributed by atoms with Crippen molar-refractivity contribution in [1.29, 1.82) is 0 Å². The highest BCUT2D eigenvalue weighted by molar-refractivity contribution is 7.27. The Morgan fingerprint density at radius 3 is 1.00 bits per heavy atom. The van der Waals surface area contributed by atoms with E-state index in [1.165, 1.54) is 54.7 Å². The molecule has 0 radical (unpaired) electrons. The molecular weight excluding hydrogens is 721 g/mol. The number of fused-ring (bicyclic) bond motifs is 8. The first-order valence-electron chi connectivity index (χ1n) is 18.7. The zero-order valence-corrected chi connectivity index (χ0v) is 31.6. The van der Waals surface area contributed by atoms with E-state index in [1.807, 2.05) is 0 Å². The van der Waals surface area contributed by atoms with Gasteiger partial charge in [-0.15, -0.1) is 22.7 Å². The number of nitrogens with zero attached hydrogens (tertiary/aromatic N) is 4. The fourth-order valence-corrected chi connectivity index (χ4v) is 10.3. The van der Waals surface area contributed by atoms with Crippen LogP contribution < -0.4 is 0 Å². The summed E-state index contributed by atoms with van der Waals surface area (Å²) in [5, 5.41) is 6.99. The minimum Gasteiger partial charge on any atom is -0.309 e. The normalized spacial score (nSPS) is 11.9. The van der Waals surface area contributed by atoms with Crippen LogP contribution in [0.3, 0.4) is 0 Å². The third-order valence-corrected chi connectivity index (χ3v) is 13.3. The summed E-state index contributed by atoms with van der Waals surface area (Å²) in [6, 6.07) is 65.5. The second kappa shape index (κ2) is 12.3. The van der Waals surface area contributed by atoms with E-state index in [9.17, 15) is 0 Å². The molecule has 56 heavy (non-hydrogen) atoms. The zero-order chi connectivity index (χ0) is 36.7. The van der Waals surface area contributed by atoms with Gasteiger partial charge in [-0.1, -0.05) is 109 Å². The molecule has 8 aromatic carbocycles. The van der Waals surface area contributed by atoms with E-state index in [1.54, 1.807) is 22.7 Å². The molecule has 0 aliphatic carbocycles. The predicted octanol–water partition coefficient (Wildman–Crippen LogP) is 14.1. The van der Waals surface area contributed by atoms with E-state index in [2.05, 4.69) is 191 Å². The minimum atomic E-state index is 0.956. The van der Waals surface area contributed by atoms with Crippen LogP contribution in [0.1, 0.15) is 0 Å². The predicted molar refractivity (Wildman–Crippen MR) is 238 cm³/mol. The fourth-order valence-electron chi connectivity index (χ4n) is 8.40. The van der Waals surface area contributed by atoms with E-state index >= 15 is 0 Å². The summed E-state index contributed by atoms with van der Waals surface area (Å²) in [5.41, 5.74) is 13.8. The summed E-state index contributed by atoms with van der Waals surface area (Å²) in [6.45, 7) is 0. The molecule has 12 rings (SSSR count). The van der Waals surface area contributed by atoms with Crippen LogP contribution >= 0.6 is 22.7 Å². The van der Waals surface area contributed by atoms with Crippen LogP contribution in [-0.4, -0.2) is 19.1 Å². The van der Waals surface area contributed by atoms with Gasteiger partial charge in [0.15, 0.2) is 10.0 Å². The highest BCUT2D eigenvalue weighted by atomic mass is 32.1. The Kier molecular flexibility index (Phi) is 6.93. The Morgan fingerprint density at radius 2 is 0.643 bits per heavy atom. The number of para-hydroxylation sites is 4. The van der Waals surface area contributed by atoms with E-state index in [0.29, 0.717) is 0 Å². The molecule has 0 saturated carbocycles. The van der Waals surface area contributed by atoms with Gasteiger partial charge in [-0.3, -0.25) is 0 Å². The molecule has 4 aromatic heterocycles. The Hall–Kier alpha value is -6.86. The number of aromatic nitrogens is 4. The van der Waals surface area contributed by atoms with E-state index in [-0.39, 0.29) is 0 Å². The Balaban J connectivity index is 0.835. The first-order chi connectivity index (χ1) is 27.7. The second-order valence-corrected chi connectivity index (χ2v) is 16.3. The van der Waals surface area contributed by atoms with Crippen LogP contribution in [0.25, 0.3) is 108 Å². The topological polar surface area (TPSA) is 35.6 Å². The first kappa shape index (κ1) is 31.5. The van der Waals surface area contributed by atoms with Gasteiger partial charge in [0, 0.05) is 32.9 Å². The summed E-state index contributed by atoms with van der Waals surface area (Å²) < 4.78 is 7.03. The number of rotatable bonds is 5. The van der Waals surface area contributed by atoms with Crippen molar-refractivity contribution >= 4 is 86.7 Å². The van der Waals surface area contributed by atoms with Gasteiger partial charge in [0.25, 0.3) is 0 Å². The number of hydrogen-bond donors (Lipinski definition) is 0. The van der Waals surface area contributed by atoms with Crippen molar-refractivity contribution in [2.45, 2.75) is 0 Å². The highest BCUT2D eigenvalue weighted by Crippen LogP contribution is 2.39. The molecule has 0 fully saturated rings. The van der Waals surface area contributed by atoms with Gasteiger partial charge in [0.1, 0.15) is 0 Å². The summed E-state index contributed by atoms with van der Waals surface area (Å²) in [4.78, 5) is 10.2. The Bertz CT molecular complexity index is 3130. The maximum absolute atomic E-state index is 5.11. The van der Waals surface area contributed by atoms with Crippen molar-refractivity contribution in [1.82, 2.24) is 19.1 Å². The van der Waals surface area contributed by atoms with Crippen molar-refractivity contribution in [2.75, 3.05) is 0 Å². The molecule has 12 aromatic rings. The molecule has 4 nitrogen and oxygen atoms in total. The average Bonchev–Trinajstić information content (AvgIpc) is 4.04. The third kappa shape index (κ3) is 4.90. The fraction of sp³-hybridized carbons (Fsp3) is 0. The van der Waals surface area contributed by atoms with Crippen LogP contribution in [0.4, 0.5) is 0 Å². The Labute approximate surface area is 329 Å². The smallest absolute Gasteiger partial charge is 0.153 e. The van der Waals surface area contributed by atoms with Gasteiger partial charge < -0.3 is 9.13 Å². The van der Waals surface area contributed by atoms with Crippen LogP contribution in [0.15, 0.2) is 182 Å². The summed E-state index contributed by atoms with van der Waals surface area (Å²) in [7, 11) is 0. The summed E-state index contributed by atoms with van der Waals surface area (Å²) in [5.74, 6) is 0. The second-order valence-electron chi connectivity index (χ2n) is 14.2. The highest BCUT2D eigenvalue weighted by Gasteiger charge is 2.16. The van der Waals surface area contributed by atoms with Crippen LogP contribution in [0.5, 0.6) is 0 Å². The molecular formula is C50H30N4S2. The molecule has 0 saturated heterocycles. The molecule has 0 aliphatic heterocycles. The van der Waals surface area contributed by atoms with Crippen molar-refractivity contribution < 1.29 is 0 Å². The maximum Gasteiger partial charge on any atom is 0.153 e. The van der Waals surface area contributed by atoms with E-state index in [0.717, 1.165) is 53.0 Å². The van der Waals surface area contributed by atoms with E-state index < -0.39 is 0 Å². The Morgan fingerprint density at radius 1 is 0.321 bits per heavy atom. The van der Waals surface area contributed by atoms with E-state index in [4.69, 9.17) is 9.97 Å². The lowest BCUT2D eigenvalue weighted by molar-refractivity contribution is 1.18. The molecule has 262 valence electrons. The molecule has 0 N–H and O–H groups in total. The standard InChI is InChI=1S/C50H30N4S2/c1-5-13-43-37(9-1)38-10-2-6-14-44(38)53(43)35-23-17-31(18-24-35)33-21-27-47-41(29-33)51-49(55-47)50-52-42-30-34(22-28-48(42)56-50)32-19-25-36(26-20-32)54-45-15-7-3-11-39(45)40-12-4-8-16-46(40)54/h1-30H. The van der Waals surface area contributed by atoms with Gasteiger partial charge in [-0.2, -0.15) is 0 Å².